The highest BCUT2D eigenvalue weighted by atomic mass is 16.2. The number of carbonyl (C=O) groups excluding carboxylic acids is 2. The molecular formula is C18H17NO2. The minimum Gasteiger partial charge on any atom is -0.277 e. The Morgan fingerprint density at radius 3 is 2.05 bits per heavy atom. The predicted octanol–water partition coefficient (Wildman–Crippen LogP) is 2.98. The number of hydrogen-bond acceptors (Lipinski definition) is 2. The summed E-state index contributed by atoms with van der Waals surface area (Å²) < 4.78 is 0. The van der Waals surface area contributed by atoms with Gasteiger partial charge >= 0.3 is 0 Å². The first-order chi connectivity index (χ1) is 10.2. The molecule has 3 heteroatoms. The van der Waals surface area contributed by atoms with Crippen LogP contribution in [0.25, 0.3) is 0 Å². The summed E-state index contributed by atoms with van der Waals surface area (Å²) in [5, 5.41) is 0. The van der Waals surface area contributed by atoms with Crippen LogP contribution in [0.3, 0.4) is 0 Å². The Labute approximate surface area is 124 Å². The lowest BCUT2D eigenvalue weighted by Gasteiger charge is -2.15. The number of carbonyl (C=O) groups is 2. The zero-order chi connectivity index (χ0) is 14.8. The predicted molar refractivity (Wildman–Crippen MR) is 80.3 cm³/mol. The van der Waals surface area contributed by atoms with Gasteiger partial charge in [0.15, 0.2) is 0 Å². The molecule has 0 saturated carbocycles. The summed E-state index contributed by atoms with van der Waals surface area (Å²) in [4.78, 5) is 26.4. The van der Waals surface area contributed by atoms with Crippen molar-refractivity contribution in [3.05, 3.63) is 71.8 Å². The van der Waals surface area contributed by atoms with Gasteiger partial charge in [-0.2, -0.15) is 0 Å². The minimum absolute atomic E-state index is 0.0855. The van der Waals surface area contributed by atoms with Crippen LogP contribution in [0.1, 0.15) is 24.0 Å². The van der Waals surface area contributed by atoms with E-state index in [4.69, 9.17) is 0 Å². The van der Waals surface area contributed by atoms with Crippen molar-refractivity contribution in [2.75, 3.05) is 0 Å². The first-order valence-corrected chi connectivity index (χ1v) is 7.12. The van der Waals surface area contributed by atoms with Crippen LogP contribution in [0.2, 0.25) is 0 Å². The van der Waals surface area contributed by atoms with Crippen LogP contribution >= 0.6 is 0 Å². The molecule has 1 aliphatic rings. The topological polar surface area (TPSA) is 37.4 Å². The van der Waals surface area contributed by atoms with Gasteiger partial charge in [-0.15, -0.1) is 0 Å². The molecule has 2 amide bonds. The van der Waals surface area contributed by atoms with Gasteiger partial charge in [-0.3, -0.25) is 14.5 Å². The molecule has 2 aromatic rings. The number of rotatable bonds is 3. The fourth-order valence-corrected chi connectivity index (χ4v) is 2.89. The van der Waals surface area contributed by atoms with Gasteiger partial charge in [0.05, 0.1) is 18.4 Å². The van der Waals surface area contributed by atoms with Crippen molar-refractivity contribution in [1.82, 2.24) is 4.90 Å². The van der Waals surface area contributed by atoms with E-state index in [9.17, 15) is 9.59 Å². The second-order valence-corrected chi connectivity index (χ2v) is 5.43. The van der Waals surface area contributed by atoms with Crippen LogP contribution < -0.4 is 0 Å². The van der Waals surface area contributed by atoms with Crippen molar-refractivity contribution >= 4 is 11.8 Å². The lowest BCUT2D eigenvalue weighted by Crippen LogP contribution is -2.30. The molecule has 0 N–H and O–H groups in total. The number of hydrogen-bond donors (Lipinski definition) is 0. The molecule has 0 radical (unpaired) electrons. The first kappa shape index (κ1) is 13.6. The quantitative estimate of drug-likeness (QED) is 0.810. The maximum atomic E-state index is 12.6. The summed E-state index contributed by atoms with van der Waals surface area (Å²) in [5.74, 6) is -0.841. The van der Waals surface area contributed by atoms with Gasteiger partial charge in [0.2, 0.25) is 11.8 Å². The summed E-state index contributed by atoms with van der Waals surface area (Å²) in [6, 6.07) is 19.2. The second-order valence-electron chi connectivity index (χ2n) is 5.43. The second kappa shape index (κ2) is 5.52. The molecule has 2 aromatic carbocycles. The van der Waals surface area contributed by atoms with E-state index in [-0.39, 0.29) is 23.7 Å². The molecule has 1 aliphatic heterocycles. The molecule has 3 nitrogen and oxygen atoms in total. The standard InChI is InChI=1S/C18H17NO2/c1-13-16(15-10-6-3-7-11-15)18(21)19(17(13)20)12-14-8-4-2-5-9-14/h2-11,13,16H,12H2,1H3/t13-,16+/m0/s1. The van der Waals surface area contributed by atoms with Crippen molar-refractivity contribution in [2.45, 2.75) is 19.4 Å². The highest BCUT2D eigenvalue weighted by Crippen LogP contribution is 2.35. The molecule has 106 valence electrons. The molecule has 1 fully saturated rings. The molecule has 0 aromatic heterocycles. The van der Waals surface area contributed by atoms with Crippen LogP contribution in [0.4, 0.5) is 0 Å². The third-order valence-corrected chi connectivity index (χ3v) is 4.03. The minimum atomic E-state index is -0.359. The molecule has 21 heavy (non-hydrogen) atoms. The lowest BCUT2D eigenvalue weighted by atomic mass is 9.89. The Hall–Kier alpha value is -2.42. The molecule has 1 saturated heterocycles. The SMILES string of the molecule is C[C@@H]1C(=O)N(Cc2ccccc2)C(=O)[C@H]1c1ccccc1. The molecule has 3 rings (SSSR count). The van der Waals surface area contributed by atoms with Crippen LogP contribution in [-0.4, -0.2) is 16.7 Å². The van der Waals surface area contributed by atoms with Crippen molar-refractivity contribution < 1.29 is 9.59 Å². The average molecular weight is 279 g/mol. The first-order valence-electron chi connectivity index (χ1n) is 7.12. The highest BCUT2D eigenvalue weighted by molar-refractivity contribution is 6.07. The smallest absolute Gasteiger partial charge is 0.237 e. The Morgan fingerprint density at radius 2 is 1.43 bits per heavy atom. The van der Waals surface area contributed by atoms with Gasteiger partial charge in [0.1, 0.15) is 0 Å². The van der Waals surface area contributed by atoms with Crippen LogP contribution in [-0.2, 0) is 16.1 Å². The van der Waals surface area contributed by atoms with Gasteiger partial charge in [0.25, 0.3) is 0 Å². The Kier molecular flexibility index (Phi) is 3.57. The molecule has 0 spiro atoms. The largest absolute Gasteiger partial charge is 0.277 e. The van der Waals surface area contributed by atoms with Gasteiger partial charge in [-0.05, 0) is 11.1 Å². The molecule has 0 aliphatic carbocycles. The van der Waals surface area contributed by atoms with E-state index >= 15 is 0 Å². The molecule has 0 unspecified atom stereocenters. The number of nitrogens with zero attached hydrogens (tertiary/aromatic N) is 1. The Bertz CT molecular complexity index is 651. The third kappa shape index (κ3) is 2.47. The summed E-state index contributed by atoms with van der Waals surface area (Å²) >= 11 is 0. The zero-order valence-electron chi connectivity index (χ0n) is 11.9. The summed E-state index contributed by atoms with van der Waals surface area (Å²) in [6.45, 7) is 2.19. The van der Waals surface area contributed by atoms with Crippen LogP contribution in [0.5, 0.6) is 0 Å². The Balaban J connectivity index is 1.87. The normalized spacial score (nSPS) is 21.9. The molecular weight excluding hydrogens is 262 g/mol. The monoisotopic (exact) mass is 279 g/mol. The van der Waals surface area contributed by atoms with Crippen molar-refractivity contribution in [3.8, 4) is 0 Å². The number of imide groups is 1. The zero-order valence-corrected chi connectivity index (χ0v) is 11.9. The van der Waals surface area contributed by atoms with Crippen LogP contribution in [0, 0.1) is 5.92 Å². The molecule has 0 bridgehead atoms. The highest BCUT2D eigenvalue weighted by Gasteiger charge is 2.45. The molecule has 2 atom stereocenters. The van der Waals surface area contributed by atoms with E-state index in [2.05, 4.69) is 0 Å². The van der Waals surface area contributed by atoms with Crippen molar-refractivity contribution in [1.29, 1.82) is 0 Å². The summed E-state index contributed by atoms with van der Waals surface area (Å²) in [7, 11) is 0. The number of benzene rings is 2. The summed E-state index contributed by atoms with van der Waals surface area (Å²) in [6.07, 6.45) is 0. The molecule has 1 heterocycles. The summed E-state index contributed by atoms with van der Waals surface area (Å²) in [5.41, 5.74) is 1.89. The lowest BCUT2D eigenvalue weighted by molar-refractivity contribution is -0.140. The van der Waals surface area contributed by atoms with Gasteiger partial charge < -0.3 is 0 Å². The van der Waals surface area contributed by atoms with Gasteiger partial charge in [-0.25, -0.2) is 0 Å². The van der Waals surface area contributed by atoms with E-state index in [1.165, 1.54) is 4.90 Å². The fraction of sp³-hybridized carbons (Fsp3) is 0.222. The van der Waals surface area contributed by atoms with Gasteiger partial charge in [0, 0.05) is 0 Å². The van der Waals surface area contributed by atoms with E-state index in [1.807, 2.05) is 67.6 Å². The third-order valence-electron chi connectivity index (χ3n) is 4.03. The maximum absolute atomic E-state index is 12.6. The van der Waals surface area contributed by atoms with E-state index in [1.54, 1.807) is 0 Å². The maximum Gasteiger partial charge on any atom is 0.237 e. The van der Waals surface area contributed by atoms with Crippen molar-refractivity contribution in [2.24, 2.45) is 5.92 Å². The van der Waals surface area contributed by atoms with Gasteiger partial charge in [-0.1, -0.05) is 67.6 Å². The average Bonchev–Trinajstić information content (AvgIpc) is 2.73. The van der Waals surface area contributed by atoms with Crippen molar-refractivity contribution in [3.63, 3.8) is 0 Å². The van der Waals surface area contributed by atoms with E-state index < -0.39 is 0 Å². The van der Waals surface area contributed by atoms with E-state index in [0.29, 0.717) is 6.54 Å². The number of amides is 2. The van der Waals surface area contributed by atoms with E-state index in [0.717, 1.165) is 11.1 Å². The fourth-order valence-electron chi connectivity index (χ4n) is 2.89. The Morgan fingerprint density at radius 1 is 0.857 bits per heavy atom. The van der Waals surface area contributed by atoms with Crippen LogP contribution in [0.15, 0.2) is 60.7 Å². The number of likely N-dealkylation sites (tertiary alicyclic amines) is 1.